The Balaban J connectivity index is 1.61. The number of furan rings is 1. The summed E-state index contributed by atoms with van der Waals surface area (Å²) in [5, 5.41) is 4.66. The Morgan fingerprint density at radius 2 is 1.91 bits per heavy atom. The Morgan fingerprint density at radius 1 is 1.03 bits per heavy atom. The first kappa shape index (κ1) is 20.6. The van der Waals surface area contributed by atoms with Crippen LogP contribution in [0.15, 0.2) is 82.2 Å². The predicted octanol–water partition coefficient (Wildman–Crippen LogP) is 5.34. The van der Waals surface area contributed by atoms with Gasteiger partial charge >= 0.3 is 0 Å². The molecule has 7 heteroatoms. The summed E-state index contributed by atoms with van der Waals surface area (Å²) >= 11 is 0. The number of benzene rings is 1. The Morgan fingerprint density at radius 3 is 2.67 bits per heavy atom. The van der Waals surface area contributed by atoms with E-state index in [9.17, 15) is 4.79 Å². The quantitative estimate of drug-likeness (QED) is 0.356. The van der Waals surface area contributed by atoms with Gasteiger partial charge < -0.3 is 13.8 Å². The first-order valence-corrected chi connectivity index (χ1v) is 10.6. The van der Waals surface area contributed by atoms with Crippen LogP contribution in [0.25, 0.3) is 22.6 Å². The van der Waals surface area contributed by atoms with Gasteiger partial charge in [-0.3, -0.25) is 9.78 Å². The molecule has 0 unspecified atom stereocenters. The number of aromatic nitrogens is 3. The topological polar surface area (TPSA) is 85.3 Å². The zero-order chi connectivity index (χ0) is 22.8. The molecule has 0 N–H and O–H groups in total. The number of rotatable bonds is 6. The van der Waals surface area contributed by atoms with E-state index in [1.54, 1.807) is 36.9 Å². The number of amides is 1. The molecule has 0 radical (unpaired) electrons. The first-order valence-electron chi connectivity index (χ1n) is 10.6. The summed E-state index contributed by atoms with van der Waals surface area (Å²) in [5.74, 6) is 0.409. The number of fused-ring (bicyclic) bond motifs is 1. The molecular weight excluding hydrogens is 416 g/mol. The fourth-order valence-corrected chi connectivity index (χ4v) is 3.89. The van der Waals surface area contributed by atoms with E-state index >= 15 is 0 Å². The van der Waals surface area contributed by atoms with Crippen LogP contribution < -0.4 is 0 Å². The molecule has 0 atom stereocenters. The molecule has 0 aliphatic heterocycles. The monoisotopic (exact) mass is 438 g/mol. The lowest BCUT2D eigenvalue weighted by atomic mass is 10.0. The van der Waals surface area contributed by atoms with Gasteiger partial charge in [0.1, 0.15) is 5.69 Å². The fraction of sp³-hybridized carbons (Fsp3) is 0.154. The lowest BCUT2D eigenvalue weighted by Crippen LogP contribution is -2.30. The SMILES string of the molecule is Cc1ccccc1CN(Cc1cccnc1)C(=O)c1cc(-c2ccco2)nc2onc(C)c12. The second-order valence-corrected chi connectivity index (χ2v) is 7.93. The van der Waals surface area contributed by atoms with Crippen LogP contribution in [0, 0.1) is 13.8 Å². The van der Waals surface area contributed by atoms with Gasteiger partial charge in [-0.15, -0.1) is 0 Å². The Labute approximate surface area is 190 Å². The Bertz CT molecular complexity index is 1410. The maximum atomic E-state index is 14.0. The molecule has 1 amide bonds. The number of hydrogen-bond acceptors (Lipinski definition) is 6. The van der Waals surface area contributed by atoms with Gasteiger partial charge in [-0.05, 0) is 54.8 Å². The summed E-state index contributed by atoms with van der Waals surface area (Å²) in [5.41, 5.74) is 5.06. The molecule has 4 aromatic heterocycles. The summed E-state index contributed by atoms with van der Waals surface area (Å²) in [6, 6.07) is 17.2. The van der Waals surface area contributed by atoms with E-state index in [0.29, 0.717) is 46.9 Å². The van der Waals surface area contributed by atoms with E-state index < -0.39 is 0 Å². The van der Waals surface area contributed by atoms with Crippen molar-refractivity contribution in [2.45, 2.75) is 26.9 Å². The summed E-state index contributed by atoms with van der Waals surface area (Å²) < 4.78 is 10.9. The molecule has 0 saturated carbocycles. The van der Waals surface area contributed by atoms with E-state index in [2.05, 4.69) is 15.1 Å². The van der Waals surface area contributed by atoms with Gasteiger partial charge in [0, 0.05) is 25.5 Å². The maximum absolute atomic E-state index is 14.0. The van der Waals surface area contributed by atoms with Crippen LogP contribution in [0.1, 0.15) is 32.7 Å². The van der Waals surface area contributed by atoms with Gasteiger partial charge in [0.05, 0.1) is 22.9 Å². The van der Waals surface area contributed by atoms with Crippen molar-refractivity contribution in [1.82, 2.24) is 20.0 Å². The van der Waals surface area contributed by atoms with Crippen molar-refractivity contribution in [2.75, 3.05) is 0 Å². The predicted molar refractivity (Wildman–Crippen MR) is 123 cm³/mol. The summed E-state index contributed by atoms with van der Waals surface area (Å²) in [6.07, 6.45) is 5.07. The van der Waals surface area contributed by atoms with Crippen LogP contribution in [-0.4, -0.2) is 25.9 Å². The molecule has 7 nitrogen and oxygen atoms in total. The van der Waals surface area contributed by atoms with Crippen molar-refractivity contribution in [3.63, 3.8) is 0 Å². The molecule has 0 fully saturated rings. The van der Waals surface area contributed by atoms with E-state index in [0.717, 1.165) is 16.7 Å². The number of aryl methyl sites for hydroxylation is 2. The molecule has 1 aromatic carbocycles. The normalized spacial score (nSPS) is 11.1. The lowest BCUT2D eigenvalue weighted by Gasteiger charge is -2.24. The molecule has 0 saturated heterocycles. The molecular formula is C26H22N4O3. The number of pyridine rings is 2. The zero-order valence-electron chi connectivity index (χ0n) is 18.4. The van der Waals surface area contributed by atoms with Crippen LogP contribution >= 0.6 is 0 Å². The minimum atomic E-state index is -0.145. The van der Waals surface area contributed by atoms with Crippen LogP contribution in [0.3, 0.4) is 0 Å². The minimum Gasteiger partial charge on any atom is -0.463 e. The summed E-state index contributed by atoms with van der Waals surface area (Å²) in [7, 11) is 0. The highest BCUT2D eigenvalue weighted by molar-refractivity contribution is 6.06. The van der Waals surface area contributed by atoms with Crippen molar-refractivity contribution in [1.29, 1.82) is 0 Å². The second-order valence-electron chi connectivity index (χ2n) is 7.93. The van der Waals surface area contributed by atoms with E-state index in [1.165, 1.54) is 0 Å². The molecule has 0 aliphatic rings. The summed E-state index contributed by atoms with van der Waals surface area (Å²) in [4.78, 5) is 24.6. The van der Waals surface area contributed by atoms with Crippen LogP contribution in [0.4, 0.5) is 0 Å². The number of hydrogen-bond donors (Lipinski definition) is 0. The minimum absolute atomic E-state index is 0.145. The maximum Gasteiger partial charge on any atom is 0.259 e. The van der Waals surface area contributed by atoms with Gasteiger partial charge in [0.2, 0.25) is 0 Å². The molecule has 5 rings (SSSR count). The molecule has 5 aromatic rings. The third-order valence-electron chi connectivity index (χ3n) is 5.63. The van der Waals surface area contributed by atoms with Crippen molar-refractivity contribution in [3.8, 4) is 11.5 Å². The average Bonchev–Trinajstić information content (AvgIpc) is 3.50. The van der Waals surface area contributed by atoms with Crippen molar-refractivity contribution < 1.29 is 13.7 Å². The first-order chi connectivity index (χ1) is 16.1. The van der Waals surface area contributed by atoms with Crippen LogP contribution in [0.2, 0.25) is 0 Å². The van der Waals surface area contributed by atoms with Crippen LogP contribution in [0.5, 0.6) is 0 Å². The van der Waals surface area contributed by atoms with Crippen molar-refractivity contribution in [3.05, 3.63) is 101 Å². The molecule has 0 bridgehead atoms. The van der Waals surface area contributed by atoms with Crippen molar-refractivity contribution in [2.24, 2.45) is 0 Å². The van der Waals surface area contributed by atoms with Gasteiger partial charge in [-0.25, -0.2) is 4.98 Å². The van der Waals surface area contributed by atoms with E-state index in [-0.39, 0.29) is 5.91 Å². The molecule has 0 spiro atoms. The summed E-state index contributed by atoms with van der Waals surface area (Å²) in [6.45, 7) is 4.71. The highest BCUT2D eigenvalue weighted by Crippen LogP contribution is 2.29. The van der Waals surface area contributed by atoms with Gasteiger partial charge in [0.25, 0.3) is 11.6 Å². The van der Waals surface area contributed by atoms with Crippen molar-refractivity contribution >= 4 is 17.0 Å². The number of nitrogens with zero attached hydrogens (tertiary/aromatic N) is 4. The van der Waals surface area contributed by atoms with E-state index in [1.807, 2.05) is 55.1 Å². The Kier molecular flexibility index (Phi) is 5.44. The van der Waals surface area contributed by atoms with E-state index in [4.69, 9.17) is 8.94 Å². The Hall–Kier alpha value is -4.26. The third-order valence-corrected chi connectivity index (χ3v) is 5.63. The molecule has 0 aliphatic carbocycles. The molecule has 4 heterocycles. The van der Waals surface area contributed by atoms with Gasteiger partial charge in [-0.1, -0.05) is 35.5 Å². The highest BCUT2D eigenvalue weighted by atomic mass is 16.5. The van der Waals surface area contributed by atoms with Gasteiger partial charge in [0.15, 0.2) is 5.76 Å². The van der Waals surface area contributed by atoms with Crippen LogP contribution in [-0.2, 0) is 13.1 Å². The third kappa shape index (κ3) is 4.13. The lowest BCUT2D eigenvalue weighted by molar-refractivity contribution is 0.0731. The molecule has 33 heavy (non-hydrogen) atoms. The number of carbonyl (C=O) groups is 1. The fourth-order valence-electron chi connectivity index (χ4n) is 3.89. The molecule has 164 valence electrons. The highest BCUT2D eigenvalue weighted by Gasteiger charge is 2.25. The zero-order valence-corrected chi connectivity index (χ0v) is 18.4. The number of carbonyl (C=O) groups excluding carboxylic acids is 1. The standard InChI is InChI=1S/C26H22N4O3/c1-17-7-3-4-9-20(17)16-30(15-19-8-5-11-27-14-19)26(31)21-13-22(23-10-6-12-32-23)28-25-24(21)18(2)29-33-25/h3-14H,15-16H2,1-2H3. The van der Waals surface area contributed by atoms with Gasteiger partial charge in [-0.2, -0.15) is 0 Å². The largest absolute Gasteiger partial charge is 0.463 e. The average molecular weight is 438 g/mol. The smallest absolute Gasteiger partial charge is 0.259 e. The second kappa shape index (κ2) is 8.70.